The number of hydrogen-bond donors (Lipinski definition) is 1. The van der Waals surface area contributed by atoms with Gasteiger partial charge >= 0.3 is 0 Å². The van der Waals surface area contributed by atoms with Crippen molar-refractivity contribution in [3.63, 3.8) is 0 Å². The van der Waals surface area contributed by atoms with Crippen LogP contribution < -0.4 is 5.73 Å². The summed E-state index contributed by atoms with van der Waals surface area (Å²) in [4.78, 5) is 0. The van der Waals surface area contributed by atoms with Crippen LogP contribution in [0.25, 0.3) is 0 Å². The topological polar surface area (TPSA) is 26.0 Å². The van der Waals surface area contributed by atoms with Gasteiger partial charge in [0.1, 0.15) is 0 Å². The van der Waals surface area contributed by atoms with E-state index in [0.717, 1.165) is 14.2 Å². The second kappa shape index (κ2) is 5.19. The molecular formula is C7H8Cl2IN. The van der Waals surface area contributed by atoms with E-state index in [1.54, 1.807) is 0 Å². The molecular weight excluding hydrogens is 296 g/mol. The highest BCUT2D eigenvalue weighted by Crippen LogP contribution is 2.21. The Bertz CT molecular complexity index is 240. The lowest BCUT2D eigenvalue weighted by Gasteiger charge is -2.00. The third-order valence-corrected chi connectivity index (χ3v) is 3.16. The first-order chi connectivity index (χ1) is 4.75. The minimum Gasteiger partial charge on any atom is -0.326 e. The van der Waals surface area contributed by atoms with Gasteiger partial charge in [0.15, 0.2) is 0 Å². The van der Waals surface area contributed by atoms with Gasteiger partial charge in [-0.2, -0.15) is 0 Å². The fourth-order valence-electron chi connectivity index (χ4n) is 0.706. The van der Waals surface area contributed by atoms with E-state index >= 15 is 0 Å². The minimum atomic E-state index is 0. The molecule has 0 saturated heterocycles. The molecule has 0 fully saturated rings. The predicted molar refractivity (Wildman–Crippen MR) is 59.3 cm³/mol. The molecule has 1 aromatic carbocycles. The molecule has 0 aliphatic carbocycles. The molecule has 0 aliphatic heterocycles. The highest BCUT2D eigenvalue weighted by Gasteiger charge is 1.99. The fourth-order valence-corrected chi connectivity index (χ4v) is 1.48. The molecule has 62 valence electrons. The molecule has 2 N–H and O–H groups in total. The number of rotatable bonds is 1. The van der Waals surface area contributed by atoms with Gasteiger partial charge in [0.05, 0.1) is 5.02 Å². The molecule has 0 spiro atoms. The van der Waals surface area contributed by atoms with Gasteiger partial charge in [-0.15, -0.1) is 12.4 Å². The van der Waals surface area contributed by atoms with Gasteiger partial charge in [-0.3, -0.25) is 0 Å². The summed E-state index contributed by atoms with van der Waals surface area (Å²) in [7, 11) is 0. The van der Waals surface area contributed by atoms with Crippen molar-refractivity contribution < 1.29 is 0 Å². The Kier molecular flexibility index (Phi) is 5.42. The number of hydrogen-bond acceptors (Lipinski definition) is 1. The highest BCUT2D eigenvalue weighted by atomic mass is 127. The molecule has 0 aromatic heterocycles. The maximum atomic E-state index is 5.83. The zero-order chi connectivity index (χ0) is 7.56. The lowest BCUT2D eigenvalue weighted by Crippen LogP contribution is -1.98. The normalized spacial score (nSPS) is 9.00. The third kappa shape index (κ3) is 2.78. The second-order valence-electron chi connectivity index (χ2n) is 1.92. The van der Waals surface area contributed by atoms with Gasteiger partial charge in [0, 0.05) is 10.1 Å². The number of nitrogens with two attached hydrogens (primary N) is 1. The first-order valence-corrected chi connectivity index (χ1v) is 4.34. The molecule has 0 amide bonds. The summed E-state index contributed by atoms with van der Waals surface area (Å²) in [5, 5.41) is 0.781. The Hall–Kier alpha value is 0.490. The van der Waals surface area contributed by atoms with Crippen LogP contribution in [-0.4, -0.2) is 0 Å². The van der Waals surface area contributed by atoms with Crippen LogP contribution in [0.15, 0.2) is 18.2 Å². The van der Waals surface area contributed by atoms with Crippen molar-refractivity contribution in [3.8, 4) is 0 Å². The van der Waals surface area contributed by atoms with Crippen LogP contribution in [0.2, 0.25) is 5.02 Å². The molecule has 1 nitrogen and oxygen atoms in total. The van der Waals surface area contributed by atoms with E-state index in [1.807, 2.05) is 18.2 Å². The van der Waals surface area contributed by atoms with E-state index in [2.05, 4.69) is 22.6 Å². The van der Waals surface area contributed by atoms with Gasteiger partial charge < -0.3 is 5.73 Å². The van der Waals surface area contributed by atoms with E-state index in [4.69, 9.17) is 17.3 Å². The molecule has 0 aliphatic rings. The second-order valence-corrected chi connectivity index (χ2v) is 3.40. The van der Waals surface area contributed by atoms with E-state index in [0.29, 0.717) is 6.54 Å². The van der Waals surface area contributed by atoms with E-state index in [1.165, 1.54) is 0 Å². The van der Waals surface area contributed by atoms with Crippen LogP contribution in [0.5, 0.6) is 0 Å². The Balaban J connectivity index is 0.000001000. The van der Waals surface area contributed by atoms with Crippen molar-refractivity contribution in [2.75, 3.05) is 0 Å². The van der Waals surface area contributed by atoms with Crippen LogP contribution in [0.3, 0.4) is 0 Å². The molecule has 0 saturated carbocycles. The van der Waals surface area contributed by atoms with E-state index in [-0.39, 0.29) is 12.4 Å². The quantitative estimate of drug-likeness (QED) is 0.793. The molecule has 0 bridgehead atoms. The third-order valence-electron chi connectivity index (χ3n) is 1.25. The van der Waals surface area contributed by atoms with Gasteiger partial charge in [0.2, 0.25) is 0 Å². The summed E-state index contributed by atoms with van der Waals surface area (Å²) in [6.45, 7) is 0.554. The first-order valence-electron chi connectivity index (χ1n) is 2.88. The van der Waals surface area contributed by atoms with Crippen molar-refractivity contribution in [2.45, 2.75) is 6.54 Å². The lowest BCUT2D eigenvalue weighted by atomic mass is 10.2. The SMILES string of the molecule is Cl.NCc1cccc(Cl)c1I. The summed E-state index contributed by atoms with van der Waals surface area (Å²) in [5.74, 6) is 0. The van der Waals surface area contributed by atoms with Crippen LogP contribution >= 0.6 is 46.6 Å². The molecule has 0 atom stereocenters. The zero-order valence-electron chi connectivity index (χ0n) is 5.68. The standard InChI is InChI=1S/C7H7ClIN.ClH/c8-6-3-1-2-5(4-10)7(6)9;/h1-3H,4,10H2;1H. The monoisotopic (exact) mass is 303 g/mol. The van der Waals surface area contributed by atoms with Crippen molar-refractivity contribution >= 4 is 46.6 Å². The van der Waals surface area contributed by atoms with Crippen molar-refractivity contribution in [1.82, 2.24) is 0 Å². The van der Waals surface area contributed by atoms with Crippen LogP contribution in [-0.2, 0) is 6.54 Å². The minimum absolute atomic E-state index is 0. The predicted octanol–water partition coefficient (Wildman–Crippen LogP) is 2.83. The molecule has 0 heterocycles. The van der Waals surface area contributed by atoms with Crippen LogP contribution in [0.4, 0.5) is 0 Å². The maximum absolute atomic E-state index is 5.83. The first kappa shape index (κ1) is 11.5. The fraction of sp³-hybridized carbons (Fsp3) is 0.143. The molecule has 11 heavy (non-hydrogen) atoms. The molecule has 1 rings (SSSR count). The van der Waals surface area contributed by atoms with Crippen molar-refractivity contribution in [1.29, 1.82) is 0 Å². The molecule has 0 unspecified atom stereocenters. The highest BCUT2D eigenvalue weighted by molar-refractivity contribution is 14.1. The summed E-state index contributed by atoms with van der Waals surface area (Å²) < 4.78 is 1.06. The average Bonchev–Trinajstić information content (AvgIpc) is 1.95. The van der Waals surface area contributed by atoms with Gasteiger partial charge in [-0.25, -0.2) is 0 Å². The van der Waals surface area contributed by atoms with Crippen molar-refractivity contribution in [2.24, 2.45) is 5.73 Å². The lowest BCUT2D eigenvalue weighted by molar-refractivity contribution is 1.06. The summed E-state index contributed by atoms with van der Waals surface area (Å²) >= 11 is 8.02. The Morgan fingerprint density at radius 2 is 2.09 bits per heavy atom. The number of benzene rings is 1. The molecule has 4 heteroatoms. The van der Waals surface area contributed by atoms with Crippen LogP contribution in [0, 0.1) is 3.57 Å². The van der Waals surface area contributed by atoms with Gasteiger partial charge in [-0.05, 0) is 34.2 Å². The van der Waals surface area contributed by atoms with Gasteiger partial charge in [0.25, 0.3) is 0 Å². The maximum Gasteiger partial charge on any atom is 0.0542 e. The summed E-state index contributed by atoms with van der Waals surface area (Å²) in [6, 6.07) is 5.75. The molecule has 1 aromatic rings. The Morgan fingerprint density at radius 1 is 1.45 bits per heavy atom. The van der Waals surface area contributed by atoms with Crippen molar-refractivity contribution in [3.05, 3.63) is 32.4 Å². The average molecular weight is 304 g/mol. The Labute approximate surface area is 90.9 Å². The number of halogens is 3. The Morgan fingerprint density at radius 3 is 2.55 bits per heavy atom. The van der Waals surface area contributed by atoms with Gasteiger partial charge in [-0.1, -0.05) is 23.7 Å². The van der Waals surface area contributed by atoms with Crippen LogP contribution in [0.1, 0.15) is 5.56 Å². The van der Waals surface area contributed by atoms with E-state index in [9.17, 15) is 0 Å². The summed E-state index contributed by atoms with van der Waals surface area (Å²) in [6.07, 6.45) is 0. The smallest absolute Gasteiger partial charge is 0.0542 e. The zero-order valence-corrected chi connectivity index (χ0v) is 9.41. The van der Waals surface area contributed by atoms with E-state index < -0.39 is 0 Å². The summed E-state index contributed by atoms with van der Waals surface area (Å²) in [5.41, 5.74) is 6.56. The largest absolute Gasteiger partial charge is 0.326 e. The molecule has 0 radical (unpaired) electrons.